The van der Waals surface area contributed by atoms with Gasteiger partial charge in [-0.3, -0.25) is 9.59 Å². The number of carbonyl (C=O) groups excluding carboxylic acids is 2. The van der Waals surface area contributed by atoms with Crippen LogP contribution in [-0.4, -0.2) is 34.8 Å². The van der Waals surface area contributed by atoms with E-state index in [1.807, 2.05) is 43.3 Å². The van der Waals surface area contributed by atoms with Gasteiger partial charge in [0.25, 0.3) is 11.7 Å². The number of benzene rings is 2. The normalized spacial score (nSPS) is 17.9. The first-order valence-electron chi connectivity index (χ1n) is 12.3. The quantitative estimate of drug-likeness (QED) is 0.289. The van der Waals surface area contributed by atoms with Crippen LogP contribution in [0.5, 0.6) is 5.75 Å². The van der Waals surface area contributed by atoms with Crippen LogP contribution >= 0.6 is 0 Å². The molecule has 5 heteroatoms. The number of carbonyl (C=O) groups is 2. The molecule has 2 aromatic rings. The molecule has 0 radical (unpaired) electrons. The lowest BCUT2D eigenvalue weighted by molar-refractivity contribution is -0.139. The summed E-state index contributed by atoms with van der Waals surface area (Å²) < 4.78 is 5.81. The van der Waals surface area contributed by atoms with E-state index in [0.29, 0.717) is 18.7 Å². The molecule has 1 amide bonds. The molecule has 34 heavy (non-hydrogen) atoms. The van der Waals surface area contributed by atoms with Crippen molar-refractivity contribution in [3.8, 4) is 5.75 Å². The minimum absolute atomic E-state index is 0.143. The predicted molar refractivity (Wildman–Crippen MR) is 136 cm³/mol. The summed E-state index contributed by atoms with van der Waals surface area (Å²) in [6, 6.07) is 12.8. The van der Waals surface area contributed by atoms with Gasteiger partial charge in [0.1, 0.15) is 11.5 Å². The molecule has 1 unspecified atom stereocenters. The largest absolute Gasteiger partial charge is 0.507 e. The number of amides is 1. The van der Waals surface area contributed by atoms with Crippen molar-refractivity contribution in [3.63, 3.8) is 0 Å². The van der Waals surface area contributed by atoms with Crippen LogP contribution in [0.1, 0.15) is 82.7 Å². The molecule has 1 atom stereocenters. The number of hydrogen-bond donors (Lipinski definition) is 1. The zero-order valence-corrected chi connectivity index (χ0v) is 21.3. The second-order valence-electron chi connectivity index (χ2n) is 9.84. The maximum atomic E-state index is 13.2. The number of rotatable bonds is 8. The Hall–Kier alpha value is -3.08. The van der Waals surface area contributed by atoms with Crippen LogP contribution in [0.4, 0.5) is 0 Å². The van der Waals surface area contributed by atoms with Crippen molar-refractivity contribution >= 4 is 17.4 Å². The third-order valence-corrected chi connectivity index (χ3v) is 6.36. The molecule has 3 rings (SSSR count). The zero-order valence-electron chi connectivity index (χ0n) is 21.3. The van der Waals surface area contributed by atoms with E-state index in [0.717, 1.165) is 36.1 Å². The summed E-state index contributed by atoms with van der Waals surface area (Å²) in [6.45, 7) is 13.3. The minimum atomic E-state index is -0.635. The van der Waals surface area contributed by atoms with Crippen molar-refractivity contribution in [1.82, 2.24) is 4.90 Å². The second-order valence-corrected chi connectivity index (χ2v) is 9.84. The Morgan fingerprint density at radius 2 is 1.71 bits per heavy atom. The smallest absolute Gasteiger partial charge is 0.295 e. The number of ketones is 1. The lowest BCUT2D eigenvalue weighted by Crippen LogP contribution is -2.30. The Bertz CT molecular complexity index is 1080. The van der Waals surface area contributed by atoms with Crippen molar-refractivity contribution in [2.24, 2.45) is 0 Å². The van der Waals surface area contributed by atoms with Crippen LogP contribution in [0.25, 0.3) is 5.76 Å². The van der Waals surface area contributed by atoms with Gasteiger partial charge in [-0.15, -0.1) is 0 Å². The molecule has 1 heterocycles. The number of aliphatic hydroxyl groups is 1. The average molecular weight is 464 g/mol. The van der Waals surface area contributed by atoms with Crippen LogP contribution in [0.2, 0.25) is 0 Å². The van der Waals surface area contributed by atoms with E-state index in [4.69, 9.17) is 4.74 Å². The molecule has 1 aliphatic heterocycles. The first-order chi connectivity index (χ1) is 16.1. The second kappa shape index (κ2) is 10.5. The standard InChI is InChI=1S/C29H37NO4/c1-7-10-17-30-25(20-13-11-19(8-2)12-14-20)24(27(32)28(30)33)26(31)21-15-16-23(34-9-3)22(18-21)29(4,5)6/h11-16,18,25,31H,7-10,17H2,1-6H3/b26-24-. The number of aryl methyl sites for hydroxylation is 1. The molecule has 5 nitrogen and oxygen atoms in total. The molecule has 182 valence electrons. The van der Waals surface area contributed by atoms with Gasteiger partial charge < -0.3 is 14.7 Å². The molecule has 0 spiro atoms. The van der Waals surface area contributed by atoms with Crippen molar-refractivity contribution in [3.05, 3.63) is 70.3 Å². The number of Topliss-reactive ketones (excluding diaryl/α,β-unsaturated/α-hetero) is 1. The lowest BCUT2D eigenvalue weighted by Gasteiger charge is -2.26. The molecule has 2 aromatic carbocycles. The van der Waals surface area contributed by atoms with Crippen molar-refractivity contribution < 1.29 is 19.4 Å². The Morgan fingerprint density at radius 1 is 1.03 bits per heavy atom. The summed E-state index contributed by atoms with van der Waals surface area (Å²) in [5.74, 6) is -0.581. The monoisotopic (exact) mass is 463 g/mol. The van der Waals surface area contributed by atoms with E-state index in [-0.39, 0.29) is 16.7 Å². The molecule has 0 saturated carbocycles. The van der Waals surface area contributed by atoms with Crippen LogP contribution in [0.15, 0.2) is 48.0 Å². The number of likely N-dealkylation sites (tertiary alicyclic amines) is 1. The average Bonchev–Trinajstić information content (AvgIpc) is 3.07. The first kappa shape index (κ1) is 25.5. The van der Waals surface area contributed by atoms with E-state index in [1.165, 1.54) is 5.56 Å². The predicted octanol–water partition coefficient (Wildman–Crippen LogP) is 6.17. The van der Waals surface area contributed by atoms with Gasteiger partial charge in [-0.1, -0.05) is 65.3 Å². The number of nitrogens with zero attached hydrogens (tertiary/aromatic N) is 1. The third kappa shape index (κ3) is 5.03. The lowest BCUT2D eigenvalue weighted by atomic mass is 9.84. The SMILES string of the molecule is CCCCN1C(=O)C(=O)/C(=C(\O)c2ccc(OCC)c(C(C)(C)C)c2)C1c1ccc(CC)cc1. The summed E-state index contributed by atoms with van der Waals surface area (Å²) in [5, 5.41) is 11.4. The number of unbranched alkanes of at least 4 members (excludes halogenated alkanes) is 1. The van der Waals surface area contributed by atoms with Crippen LogP contribution in [0.3, 0.4) is 0 Å². The summed E-state index contributed by atoms with van der Waals surface area (Å²) in [6.07, 6.45) is 2.59. The van der Waals surface area contributed by atoms with Gasteiger partial charge in [0.05, 0.1) is 18.2 Å². The van der Waals surface area contributed by atoms with Crippen LogP contribution < -0.4 is 4.74 Å². The topological polar surface area (TPSA) is 66.8 Å². The molecule has 0 aromatic heterocycles. The number of hydrogen-bond acceptors (Lipinski definition) is 4. The Kier molecular flexibility index (Phi) is 7.86. The number of ether oxygens (including phenoxy) is 1. The van der Waals surface area contributed by atoms with Crippen molar-refractivity contribution in [2.45, 2.75) is 72.3 Å². The van der Waals surface area contributed by atoms with E-state index in [2.05, 4.69) is 34.6 Å². The Labute approximate surface area is 203 Å². The molecule has 0 aliphatic carbocycles. The Balaban J connectivity index is 2.19. The fourth-order valence-corrected chi connectivity index (χ4v) is 4.42. The van der Waals surface area contributed by atoms with Crippen molar-refractivity contribution in [2.75, 3.05) is 13.2 Å². The number of aliphatic hydroxyl groups excluding tert-OH is 1. The summed E-state index contributed by atoms with van der Waals surface area (Å²) in [5.41, 5.74) is 3.37. The highest BCUT2D eigenvalue weighted by Crippen LogP contribution is 2.41. The third-order valence-electron chi connectivity index (χ3n) is 6.36. The van der Waals surface area contributed by atoms with E-state index in [9.17, 15) is 14.7 Å². The fraction of sp³-hybridized carbons (Fsp3) is 0.448. The van der Waals surface area contributed by atoms with E-state index < -0.39 is 17.7 Å². The maximum absolute atomic E-state index is 13.2. The van der Waals surface area contributed by atoms with Gasteiger partial charge in [0.15, 0.2) is 0 Å². The van der Waals surface area contributed by atoms with Gasteiger partial charge >= 0.3 is 0 Å². The van der Waals surface area contributed by atoms with Gasteiger partial charge in [0, 0.05) is 17.7 Å². The maximum Gasteiger partial charge on any atom is 0.295 e. The molecular formula is C29H37NO4. The van der Waals surface area contributed by atoms with Crippen LogP contribution in [-0.2, 0) is 21.4 Å². The summed E-state index contributed by atoms with van der Waals surface area (Å²) in [4.78, 5) is 27.9. The van der Waals surface area contributed by atoms with E-state index in [1.54, 1.807) is 11.0 Å². The first-order valence-corrected chi connectivity index (χ1v) is 12.3. The zero-order chi connectivity index (χ0) is 25.0. The molecular weight excluding hydrogens is 426 g/mol. The molecule has 1 saturated heterocycles. The molecule has 0 bridgehead atoms. The highest BCUT2D eigenvalue weighted by atomic mass is 16.5. The molecule has 1 aliphatic rings. The van der Waals surface area contributed by atoms with Gasteiger partial charge in [0.2, 0.25) is 0 Å². The highest BCUT2D eigenvalue weighted by Gasteiger charge is 2.45. The summed E-state index contributed by atoms with van der Waals surface area (Å²) in [7, 11) is 0. The minimum Gasteiger partial charge on any atom is -0.507 e. The van der Waals surface area contributed by atoms with Crippen molar-refractivity contribution in [1.29, 1.82) is 0 Å². The summed E-state index contributed by atoms with van der Waals surface area (Å²) >= 11 is 0. The highest BCUT2D eigenvalue weighted by molar-refractivity contribution is 6.46. The van der Waals surface area contributed by atoms with Gasteiger partial charge in [-0.2, -0.15) is 0 Å². The fourth-order valence-electron chi connectivity index (χ4n) is 4.42. The van der Waals surface area contributed by atoms with Gasteiger partial charge in [-0.25, -0.2) is 0 Å². The van der Waals surface area contributed by atoms with Crippen LogP contribution in [0, 0.1) is 0 Å². The molecule has 1 fully saturated rings. The van der Waals surface area contributed by atoms with Gasteiger partial charge in [-0.05, 0) is 54.5 Å². The molecule has 1 N–H and O–H groups in total. The Morgan fingerprint density at radius 3 is 2.26 bits per heavy atom. The van der Waals surface area contributed by atoms with E-state index >= 15 is 0 Å².